The van der Waals surface area contributed by atoms with Crippen molar-refractivity contribution in [3.63, 3.8) is 0 Å². The van der Waals surface area contributed by atoms with Crippen molar-refractivity contribution >= 4 is 22.2 Å². The van der Waals surface area contributed by atoms with Gasteiger partial charge in [-0.15, -0.1) is 11.3 Å². The Morgan fingerprint density at radius 2 is 2.04 bits per heavy atom. The topological polar surface area (TPSA) is 63.5 Å². The monoisotopic (exact) mass is 391 g/mol. The number of amides is 1. The number of aryl methyl sites for hydroxylation is 2. The SMILES string of the molecule is CCNC(=O)c1c(C)sc2nc(Cc3c(CC)ccc(F)c3F)cc(=O)n12. The standard InChI is InChI=1S/C19H19F2N3O2S/c1-4-11-6-7-14(20)16(21)13(11)8-12-9-15(25)24-17(18(26)22-5-2)10(3)27-19(24)23-12/h6-7,9H,4-5,8H2,1-3H3,(H,22,26). The van der Waals surface area contributed by atoms with Crippen LogP contribution in [-0.2, 0) is 12.8 Å². The Hall–Kier alpha value is -2.61. The van der Waals surface area contributed by atoms with E-state index >= 15 is 0 Å². The predicted octanol–water partition coefficient (Wildman–Crippen LogP) is 3.25. The Bertz CT molecular complexity index is 1090. The fourth-order valence-corrected chi connectivity index (χ4v) is 4.05. The Balaban J connectivity index is 2.11. The molecule has 0 aliphatic carbocycles. The highest BCUT2D eigenvalue weighted by atomic mass is 32.1. The minimum atomic E-state index is -0.925. The quantitative estimate of drug-likeness (QED) is 0.726. The van der Waals surface area contributed by atoms with Crippen molar-refractivity contribution in [2.75, 3.05) is 6.54 Å². The number of carbonyl (C=O) groups excluding carboxylic acids is 1. The number of aromatic nitrogens is 2. The summed E-state index contributed by atoms with van der Waals surface area (Å²) in [5.41, 5.74) is 1.04. The highest BCUT2D eigenvalue weighted by Crippen LogP contribution is 2.23. The van der Waals surface area contributed by atoms with Crippen molar-refractivity contribution < 1.29 is 13.6 Å². The molecule has 0 aliphatic rings. The van der Waals surface area contributed by atoms with Gasteiger partial charge < -0.3 is 5.32 Å². The van der Waals surface area contributed by atoms with Crippen molar-refractivity contribution in [1.82, 2.24) is 14.7 Å². The van der Waals surface area contributed by atoms with Gasteiger partial charge >= 0.3 is 0 Å². The third kappa shape index (κ3) is 3.49. The van der Waals surface area contributed by atoms with Gasteiger partial charge in [-0.25, -0.2) is 18.2 Å². The summed E-state index contributed by atoms with van der Waals surface area (Å²) in [7, 11) is 0. The highest BCUT2D eigenvalue weighted by Gasteiger charge is 2.20. The molecule has 3 rings (SSSR count). The van der Waals surface area contributed by atoms with Gasteiger partial charge in [-0.05, 0) is 31.9 Å². The summed E-state index contributed by atoms with van der Waals surface area (Å²) >= 11 is 1.21. The molecule has 1 amide bonds. The zero-order valence-electron chi connectivity index (χ0n) is 15.2. The lowest BCUT2D eigenvalue weighted by Gasteiger charge is -2.10. The van der Waals surface area contributed by atoms with Gasteiger partial charge in [-0.1, -0.05) is 13.0 Å². The maximum Gasteiger partial charge on any atom is 0.269 e. The minimum Gasteiger partial charge on any atom is -0.351 e. The number of benzene rings is 1. The van der Waals surface area contributed by atoms with Crippen LogP contribution in [0.25, 0.3) is 4.96 Å². The summed E-state index contributed by atoms with van der Waals surface area (Å²) in [6, 6.07) is 3.91. The first-order valence-electron chi connectivity index (χ1n) is 8.63. The van der Waals surface area contributed by atoms with Crippen LogP contribution >= 0.6 is 11.3 Å². The van der Waals surface area contributed by atoms with E-state index in [9.17, 15) is 18.4 Å². The second-order valence-corrected chi connectivity index (χ2v) is 7.28. The van der Waals surface area contributed by atoms with Crippen LogP contribution in [0, 0.1) is 18.6 Å². The number of halogens is 2. The summed E-state index contributed by atoms with van der Waals surface area (Å²) in [5.74, 6) is -2.19. The number of fused-ring (bicyclic) bond motifs is 1. The summed E-state index contributed by atoms with van der Waals surface area (Å²) in [5, 5.41) is 2.68. The molecule has 5 nitrogen and oxygen atoms in total. The smallest absolute Gasteiger partial charge is 0.269 e. The van der Waals surface area contributed by atoms with Crippen molar-refractivity contribution in [3.8, 4) is 0 Å². The number of thiazole rings is 1. The molecule has 0 atom stereocenters. The van der Waals surface area contributed by atoms with E-state index in [-0.39, 0.29) is 23.6 Å². The molecule has 142 valence electrons. The molecule has 0 fully saturated rings. The molecule has 2 aromatic heterocycles. The number of nitrogens with zero attached hydrogens (tertiary/aromatic N) is 2. The molecular weight excluding hydrogens is 372 g/mol. The largest absolute Gasteiger partial charge is 0.351 e. The van der Waals surface area contributed by atoms with E-state index in [1.54, 1.807) is 19.9 Å². The van der Waals surface area contributed by atoms with E-state index in [1.807, 2.05) is 6.92 Å². The number of hydrogen-bond donors (Lipinski definition) is 1. The molecule has 0 radical (unpaired) electrons. The van der Waals surface area contributed by atoms with Crippen LogP contribution in [-0.4, -0.2) is 21.8 Å². The molecule has 1 N–H and O–H groups in total. The van der Waals surface area contributed by atoms with Crippen LogP contribution < -0.4 is 10.9 Å². The molecular formula is C19H19F2N3O2S. The van der Waals surface area contributed by atoms with Crippen LogP contribution in [0.5, 0.6) is 0 Å². The lowest BCUT2D eigenvalue weighted by atomic mass is 10.00. The maximum atomic E-state index is 14.3. The van der Waals surface area contributed by atoms with Crippen LogP contribution in [0.3, 0.4) is 0 Å². The van der Waals surface area contributed by atoms with Crippen molar-refractivity contribution in [2.45, 2.75) is 33.6 Å². The predicted molar refractivity (Wildman–Crippen MR) is 101 cm³/mol. The van der Waals surface area contributed by atoms with Gasteiger partial charge in [0.25, 0.3) is 11.5 Å². The van der Waals surface area contributed by atoms with Crippen LogP contribution in [0.1, 0.15) is 46.0 Å². The Kier molecular flexibility index (Phi) is 5.36. The number of rotatable bonds is 5. The van der Waals surface area contributed by atoms with E-state index in [0.29, 0.717) is 34.1 Å². The Morgan fingerprint density at radius 3 is 2.70 bits per heavy atom. The maximum absolute atomic E-state index is 14.3. The van der Waals surface area contributed by atoms with Crippen LogP contribution in [0.4, 0.5) is 8.78 Å². The Morgan fingerprint density at radius 1 is 1.30 bits per heavy atom. The third-order valence-corrected chi connectivity index (χ3v) is 5.28. The molecule has 8 heteroatoms. The van der Waals surface area contributed by atoms with Crippen LogP contribution in [0.15, 0.2) is 23.0 Å². The minimum absolute atomic E-state index is 0.00590. The van der Waals surface area contributed by atoms with E-state index < -0.39 is 17.2 Å². The van der Waals surface area contributed by atoms with E-state index in [2.05, 4.69) is 10.3 Å². The van der Waals surface area contributed by atoms with Gasteiger partial charge in [0.1, 0.15) is 5.69 Å². The lowest BCUT2D eigenvalue weighted by molar-refractivity contribution is 0.0949. The molecule has 0 saturated carbocycles. The molecule has 2 heterocycles. The zero-order valence-corrected chi connectivity index (χ0v) is 16.0. The van der Waals surface area contributed by atoms with Crippen molar-refractivity contribution in [3.05, 3.63) is 67.6 Å². The first-order chi connectivity index (χ1) is 12.9. The van der Waals surface area contributed by atoms with E-state index in [0.717, 1.165) is 6.07 Å². The second kappa shape index (κ2) is 7.56. The highest BCUT2D eigenvalue weighted by molar-refractivity contribution is 7.17. The molecule has 0 spiro atoms. The van der Waals surface area contributed by atoms with Gasteiger partial charge in [0.2, 0.25) is 0 Å². The van der Waals surface area contributed by atoms with Gasteiger partial charge in [0, 0.05) is 29.5 Å². The average Bonchev–Trinajstić information content (AvgIpc) is 2.96. The molecule has 3 aromatic rings. The summed E-state index contributed by atoms with van der Waals surface area (Å²) in [4.78, 5) is 30.3. The normalized spacial score (nSPS) is 11.1. The lowest BCUT2D eigenvalue weighted by Crippen LogP contribution is -2.28. The van der Waals surface area contributed by atoms with Crippen molar-refractivity contribution in [2.24, 2.45) is 0 Å². The molecule has 0 unspecified atom stereocenters. The van der Waals surface area contributed by atoms with E-state index in [1.165, 1.54) is 21.8 Å². The zero-order chi connectivity index (χ0) is 19.7. The number of nitrogens with one attached hydrogen (secondary N) is 1. The summed E-state index contributed by atoms with van der Waals surface area (Å²) in [6.45, 7) is 5.82. The second-order valence-electron chi connectivity index (χ2n) is 6.10. The summed E-state index contributed by atoms with van der Waals surface area (Å²) in [6.07, 6.45) is 0.541. The average molecular weight is 391 g/mol. The van der Waals surface area contributed by atoms with Gasteiger partial charge in [0.15, 0.2) is 16.6 Å². The first-order valence-corrected chi connectivity index (χ1v) is 9.45. The summed E-state index contributed by atoms with van der Waals surface area (Å²) < 4.78 is 29.2. The third-order valence-electron chi connectivity index (χ3n) is 4.33. The first kappa shape index (κ1) is 19.2. The number of carbonyl (C=O) groups is 1. The van der Waals surface area contributed by atoms with Crippen molar-refractivity contribution in [1.29, 1.82) is 0 Å². The Labute approximate surface area is 158 Å². The fourth-order valence-electron chi connectivity index (χ4n) is 3.06. The molecule has 27 heavy (non-hydrogen) atoms. The van der Waals surface area contributed by atoms with Gasteiger partial charge in [0.05, 0.1) is 5.69 Å². The molecule has 0 bridgehead atoms. The molecule has 1 aromatic carbocycles. The molecule has 0 aliphatic heterocycles. The van der Waals surface area contributed by atoms with Gasteiger partial charge in [-0.3, -0.25) is 9.59 Å². The van der Waals surface area contributed by atoms with E-state index in [4.69, 9.17) is 0 Å². The fraction of sp³-hybridized carbons (Fsp3) is 0.316. The number of hydrogen-bond acceptors (Lipinski definition) is 4. The molecule has 0 saturated heterocycles. The van der Waals surface area contributed by atoms with Crippen LogP contribution in [0.2, 0.25) is 0 Å². The van der Waals surface area contributed by atoms with Gasteiger partial charge in [-0.2, -0.15) is 0 Å².